The molecule has 0 unspecified atom stereocenters. The van der Waals surface area contributed by atoms with Crippen molar-refractivity contribution in [3.05, 3.63) is 35.4 Å². The van der Waals surface area contributed by atoms with Crippen molar-refractivity contribution >= 4 is 15.9 Å². The molecule has 7 heteroatoms. The summed E-state index contributed by atoms with van der Waals surface area (Å²) in [7, 11) is -3.60. The first-order valence-corrected chi connectivity index (χ1v) is 8.61. The number of primary sulfonamides is 1. The Hall–Kier alpha value is -1.44. The summed E-state index contributed by atoms with van der Waals surface area (Å²) >= 11 is 0. The molecule has 0 radical (unpaired) electrons. The molecule has 1 heterocycles. The lowest BCUT2D eigenvalue weighted by molar-refractivity contribution is 0.0673. The number of carbonyl (C=O) groups excluding carboxylic acids is 1. The highest BCUT2D eigenvalue weighted by atomic mass is 32.2. The number of rotatable bonds is 3. The van der Waals surface area contributed by atoms with Crippen LogP contribution in [0.15, 0.2) is 24.3 Å². The Balaban J connectivity index is 2.17. The van der Waals surface area contributed by atoms with Crippen molar-refractivity contribution in [2.75, 3.05) is 13.1 Å². The number of benzene rings is 1. The normalized spacial score (nSPS) is 23.1. The van der Waals surface area contributed by atoms with Crippen LogP contribution < -0.4 is 10.5 Å². The van der Waals surface area contributed by atoms with Gasteiger partial charge in [0.25, 0.3) is 5.91 Å². The second-order valence-electron chi connectivity index (χ2n) is 5.69. The third kappa shape index (κ3) is 4.52. The Kier molecular flexibility index (Phi) is 4.65. The maximum Gasteiger partial charge on any atom is 0.253 e. The number of hydrogen-bond donors (Lipinski definition) is 2. The van der Waals surface area contributed by atoms with Gasteiger partial charge in [0.05, 0.1) is 5.75 Å². The van der Waals surface area contributed by atoms with Gasteiger partial charge in [-0.15, -0.1) is 0 Å². The van der Waals surface area contributed by atoms with Gasteiger partial charge in [-0.1, -0.05) is 12.1 Å². The fourth-order valence-corrected chi connectivity index (χ4v) is 3.35. The molecule has 2 rings (SSSR count). The van der Waals surface area contributed by atoms with Crippen LogP contribution in [0.4, 0.5) is 0 Å². The van der Waals surface area contributed by atoms with E-state index < -0.39 is 10.0 Å². The van der Waals surface area contributed by atoms with Gasteiger partial charge in [-0.25, -0.2) is 13.6 Å². The molecular weight excluding hydrogens is 290 g/mol. The fourth-order valence-electron chi connectivity index (χ4n) is 2.70. The van der Waals surface area contributed by atoms with Gasteiger partial charge >= 0.3 is 0 Å². The maximum absolute atomic E-state index is 12.5. The van der Waals surface area contributed by atoms with Gasteiger partial charge in [-0.2, -0.15) is 0 Å². The number of nitrogens with two attached hydrogens (primary N) is 1. The first-order valence-electron chi connectivity index (χ1n) is 6.89. The van der Waals surface area contributed by atoms with Gasteiger partial charge in [0, 0.05) is 30.7 Å². The summed E-state index contributed by atoms with van der Waals surface area (Å²) in [6, 6.07) is 7.12. The molecule has 21 heavy (non-hydrogen) atoms. The zero-order chi connectivity index (χ0) is 15.6. The van der Waals surface area contributed by atoms with E-state index in [2.05, 4.69) is 5.32 Å². The second-order valence-corrected chi connectivity index (χ2v) is 7.30. The van der Waals surface area contributed by atoms with Crippen molar-refractivity contribution in [2.24, 2.45) is 5.14 Å². The number of nitrogens with zero attached hydrogens (tertiary/aromatic N) is 1. The number of sulfonamides is 1. The van der Waals surface area contributed by atoms with Crippen LogP contribution in [0.1, 0.15) is 29.8 Å². The molecule has 0 spiro atoms. The molecular formula is C14H21N3O3S. The quantitative estimate of drug-likeness (QED) is 0.839. The summed E-state index contributed by atoms with van der Waals surface area (Å²) in [5, 5.41) is 8.41. The predicted octanol–water partition coefficient (Wildman–Crippen LogP) is 0.298. The summed E-state index contributed by atoms with van der Waals surface area (Å²) < 4.78 is 22.3. The molecule has 1 aromatic rings. The summed E-state index contributed by atoms with van der Waals surface area (Å²) in [6.07, 6.45) is 0. The van der Waals surface area contributed by atoms with Gasteiger partial charge in [0.15, 0.2) is 0 Å². The van der Waals surface area contributed by atoms with Crippen LogP contribution in [0.3, 0.4) is 0 Å². The van der Waals surface area contributed by atoms with Gasteiger partial charge < -0.3 is 10.2 Å². The number of amides is 1. The smallest absolute Gasteiger partial charge is 0.253 e. The number of piperazine rings is 1. The average molecular weight is 311 g/mol. The Morgan fingerprint density at radius 3 is 2.52 bits per heavy atom. The van der Waals surface area contributed by atoms with Crippen LogP contribution in [0.5, 0.6) is 0 Å². The molecule has 1 aromatic carbocycles. The van der Waals surface area contributed by atoms with E-state index in [1.54, 1.807) is 29.2 Å². The fraction of sp³-hybridized carbons (Fsp3) is 0.500. The molecule has 1 aliphatic heterocycles. The summed E-state index contributed by atoms with van der Waals surface area (Å²) in [5.41, 5.74) is 1.03. The van der Waals surface area contributed by atoms with Crippen LogP contribution in [0, 0.1) is 0 Å². The third-order valence-electron chi connectivity index (χ3n) is 3.39. The second kappa shape index (κ2) is 6.13. The summed E-state index contributed by atoms with van der Waals surface area (Å²) in [5.74, 6) is -0.339. The highest BCUT2D eigenvalue weighted by Gasteiger charge is 2.25. The summed E-state index contributed by atoms with van der Waals surface area (Å²) in [4.78, 5) is 14.3. The molecule has 1 saturated heterocycles. The molecule has 6 nitrogen and oxygen atoms in total. The highest BCUT2D eigenvalue weighted by molar-refractivity contribution is 7.88. The molecule has 3 N–H and O–H groups in total. The lowest BCUT2D eigenvalue weighted by Crippen LogP contribution is -2.55. The maximum atomic E-state index is 12.5. The largest absolute Gasteiger partial charge is 0.336 e. The van der Waals surface area contributed by atoms with Crippen molar-refractivity contribution in [2.45, 2.75) is 31.7 Å². The van der Waals surface area contributed by atoms with E-state index >= 15 is 0 Å². The van der Waals surface area contributed by atoms with Crippen LogP contribution in [0.2, 0.25) is 0 Å². The Morgan fingerprint density at radius 1 is 1.33 bits per heavy atom. The van der Waals surface area contributed by atoms with E-state index in [9.17, 15) is 13.2 Å². The predicted molar refractivity (Wildman–Crippen MR) is 81.2 cm³/mol. The molecule has 0 aromatic heterocycles. The van der Waals surface area contributed by atoms with Gasteiger partial charge in [-0.3, -0.25) is 4.79 Å². The Bertz CT molecular complexity index is 620. The van der Waals surface area contributed by atoms with Gasteiger partial charge in [0.2, 0.25) is 10.0 Å². The monoisotopic (exact) mass is 311 g/mol. The van der Waals surface area contributed by atoms with Crippen molar-refractivity contribution in [1.29, 1.82) is 0 Å². The first-order chi connectivity index (χ1) is 9.74. The third-order valence-corrected chi connectivity index (χ3v) is 4.12. The zero-order valence-electron chi connectivity index (χ0n) is 12.2. The molecule has 2 atom stereocenters. The van der Waals surface area contributed by atoms with Crippen LogP contribution in [-0.4, -0.2) is 44.4 Å². The lowest BCUT2D eigenvalue weighted by atomic mass is 10.1. The lowest BCUT2D eigenvalue weighted by Gasteiger charge is -2.36. The van der Waals surface area contributed by atoms with Crippen LogP contribution in [-0.2, 0) is 15.8 Å². The van der Waals surface area contributed by atoms with Gasteiger partial charge in [0.1, 0.15) is 0 Å². The van der Waals surface area contributed by atoms with E-state index in [0.29, 0.717) is 24.2 Å². The molecule has 0 bridgehead atoms. The summed E-state index contributed by atoms with van der Waals surface area (Å²) in [6.45, 7) is 5.35. The van der Waals surface area contributed by atoms with Crippen molar-refractivity contribution in [3.63, 3.8) is 0 Å². The van der Waals surface area contributed by atoms with E-state index in [1.165, 1.54) is 0 Å². The van der Waals surface area contributed by atoms with Crippen LogP contribution >= 0.6 is 0 Å². The van der Waals surface area contributed by atoms with Crippen LogP contribution in [0.25, 0.3) is 0 Å². The molecule has 1 amide bonds. The molecule has 1 fully saturated rings. The van der Waals surface area contributed by atoms with E-state index in [4.69, 9.17) is 5.14 Å². The topological polar surface area (TPSA) is 92.5 Å². The van der Waals surface area contributed by atoms with Crippen molar-refractivity contribution < 1.29 is 13.2 Å². The minimum Gasteiger partial charge on any atom is -0.336 e. The minimum absolute atomic E-state index is 0.0773. The number of nitrogens with one attached hydrogen (secondary N) is 1. The van der Waals surface area contributed by atoms with E-state index in [-0.39, 0.29) is 23.7 Å². The standard InChI is InChI=1S/C14H21N3O3S/c1-10-7-17(8-11(2)16-10)14(18)13-5-3-4-12(6-13)9-21(15,19)20/h3-6,10-11,16H,7-9H2,1-2H3,(H2,15,19,20)/t10-,11+. The Labute approximate surface area is 125 Å². The highest BCUT2D eigenvalue weighted by Crippen LogP contribution is 2.13. The Morgan fingerprint density at radius 2 is 1.95 bits per heavy atom. The number of carbonyl (C=O) groups is 1. The minimum atomic E-state index is -3.60. The van der Waals surface area contributed by atoms with E-state index in [0.717, 1.165) is 0 Å². The van der Waals surface area contributed by atoms with Crippen molar-refractivity contribution in [1.82, 2.24) is 10.2 Å². The molecule has 0 aliphatic carbocycles. The first kappa shape index (κ1) is 15.9. The number of hydrogen-bond acceptors (Lipinski definition) is 4. The van der Waals surface area contributed by atoms with Crippen molar-refractivity contribution in [3.8, 4) is 0 Å². The average Bonchev–Trinajstić information content (AvgIpc) is 2.35. The van der Waals surface area contributed by atoms with E-state index in [1.807, 2.05) is 13.8 Å². The molecule has 116 valence electrons. The molecule has 0 saturated carbocycles. The van der Waals surface area contributed by atoms with Gasteiger partial charge in [-0.05, 0) is 31.5 Å². The zero-order valence-corrected chi connectivity index (χ0v) is 13.1. The molecule has 1 aliphatic rings. The SMILES string of the molecule is C[C@@H]1CN(C(=O)c2cccc(CS(N)(=O)=O)c2)C[C@H](C)N1.